The molecule has 1 aromatic heterocycles. The summed E-state index contributed by atoms with van der Waals surface area (Å²) in [6.07, 6.45) is 4.30. The van der Waals surface area contributed by atoms with E-state index in [4.69, 9.17) is 10.8 Å². The summed E-state index contributed by atoms with van der Waals surface area (Å²) >= 11 is 0. The molecule has 0 bridgehead atoms. The van der Waals surface area contributed by atoms with Gasteiger partial charge in [0.1, 0.15) is 0 Å². The Hall–Kier alpha value is -1.16. The molecule has 1 heterocycles. The maximum absolute atomic E-state index is 8.93. The lowest BCUT2D eigenvalue weighted by Gasteiger charge is -2.10. The van der Waals surface area contributed by atoms with Crippen LogP contribution >= 0.6 is 12.4 Å². The molecule has 2 rings (SSSR count). The van der Waals surface area contributed by atoms with E-state index in [9.17, 15) is 0 Å². The van der Waals surface area contributed by atoms with Gasteiger partial charge in [-0.05, 0) is 23.4 Å². The Morgan fingerprint density at radius 1 is 1.31 bits per heavy atom. The largest absolute Gasteiger partial charge is 0.395 e. The van der Waals surface area contributed by atoms with Crippen molar-refractivity contribution in [3.8, 4) is 0 Å². The van der Waals surface area contributed by atoms with Crippen LogP contribution in [0.4, 0.5) is 0 Å². The molecule has 0 saturated heterocycles. The monoisotopic (exact) mass is 238 g/mol. The molecule has 4 heteroatoms. The summed E-state index contributed by atoms with van der Waals surface area (Å²) in [7, 11) is 0. The third-order valence-corrected chi connectivity index (χ3v) is 2.49. The van der Waals surface area contributed by atoms with E-state index in [1.54, 1.807) is 6.20 Å². The predicted octanol–water partition coefficient (Wildman–Crippen LogP) is 1.52. The van der Waals surface area contributed by atoms with Gasteiger partial charge >= 0.3 is 0 Å². The molecule has 0 aliphatic heterocycles. The molecule has 0 saturated carbocycles. The second-order valence-electron chi connectivity index (χ2n) is 3.66. The number of fused-ring (bicyclic) bond motifs is 1. The Morgan fingerprint density at radius 3 is 2.88 bits per heavy atom. The van der Waals surface area contributed by atoms with E-state index in [1.807, 2.05) is 30.5 Å². The van der Waals surface area contributed by atoms with Gasteiger partial charge in [-0.2, -0.15) is 0 Å². The second kappa shape index (κ2) is 5.80. The topological polar surface area (TPSA) is 59.1 Å². The summed E-state index contributed by atoms with van der Waals surface area (Å²) in [6.45, 7) is 0.0153. The summed E-state index contributed by atoms with van der Waals surface area (Å²) in [5.41, 5.74) is 6.89. The van der Waals surface area contributed by atoms with Gasteiger partial charge in [0.05, 0.1) is 6.61 Å². The number of nitrogens with zero attached hydrogens (tertiary/aromatic N) is 1. The molecule has 16 heavy (non-hydrogen) atoms. The molecule has 0 amide bonds. The van der Waals surface area contributed by atoms with Crippen molar-refractivity contribution in [3.05, 3.63) is 42.2 Å². The average Bonchev–Trinajstić information content (AvgIpc) is 2.29. The lowest BCUT2D eigenvalue weighted by molar-refractivity contribution is 0.265. The lowest BCUT2D eigenvalue weighted by atomic mass is 10.0. The third-order valence-electron chi connectivity index (χ3n) is 2.49. The number of benzene rings is 1. The summed E-state index contributed by atoms with van der Waals surface area (Å²) in [5.74, 6) is 0. The summed E-state index contributed by atoms with van der Waals surface area (Å²) in [4.78, 5) is 4.07. The maximum atomic E-state index is 8.93. The molecule has 0 radical (unpaired) electrons. The zero-order chi connectivity index (χ0) is 10.7. The summed E-state index contributed by atoms with van der Waals surface area (Å²) in [6, 6.07) is 7.84. The highest BCUT2D eigenvalue weighted by molar-refractivity contribution is 5.85. The van der Waals surface area contributed by atoms with Crippen molar-refractivity contribution in [2.45, 2.75) is 12.5 Å². The van der Waals surface area contributed by atoms with Crippen molar-refractivity contribution >= 4 is 23.2 Å². The molecule has 1 unspecified atom stereocenters. The van der Waals surface area contributed by atoms with E-state index < -0.39 is 0 Å². The minimum absolute atomic E-state index is 0. The first-order chi connectivity index (χ1) is 7.31. The van der Waals surface area contributed by atoms with Crippen LogP contribution in [0.15, 0.2) is 36.7 Å². The molecular formula is C12H15ClN2O. The Kier molecular flexibility index (Phi) is 4.68. The molecule has 1 atom stereocenters. The zero-order valence-corrected chi connectivity index (χ0v) is 9.65. The molecule has 0 aliphatic carbocycles. The highest BCUT2D eigenvalue weighted by atomic mass is 35.5. The van der Waals surface area contributed by atoms with Crippen molar-refractivity contribution in [2.24, 2.45) is 5.73 Å². The van der Waals surface area contributed by atoms with E-state index in [2.05, 4.69) is 4.98 Å². The number of hydrogen-bond acceptors (Lipinski definition) is 3. The molecule has 0 fully saturated rings. The van der Waals surface area contributed by atoms with Crippen LogP contribution in [0.2, 0.25) is 0 Å². The number of pyridine rings is 1. The van der Waals surface area contributed by atoms with Crippen LogP contribution in [0.5, 0.6) is 0 Å². The van der Waals surface area contributed by atoms with Crippen molar-refractivity contribution in [2.75, 3.05) is 6.61 Å². The fourth-order valence-corrected chi connectivity index (χ4v) is 1.71. The van der Waals surface area contributed by atoms with Crippen LogP contribution in [0.1, 0.15) is 5.56 Å². The number of aliphatic hydroxyl groups excluding tert-OH is 1. The molecule has 86 valence electrons. The summed E-state index contributed by atoms with van der Waals surface area (Å²) in [5, 5.41) is 11.2. The first kappa shape index (κ1) is 12.9. The molecule has 3 N–H and O–H groups in total. The van der Waals surface area contributed by atoms with Gasteiger partial charge in [-0.25, -0.2) is 0 Å². The first-order valence-corrected chi connectivity index (χ1v) is 4.99. The van der Waals surface area contributed by atoms with E-state index in [-0.39, 0.29) is 25.1 Å². The number of aromatic nitrogens is 1. The van der Waals surface area contributed by atoms with Crippen LogP contribution in [0, 0.1) is 0 Å². The molecule has 2 aromatic rings. The Morgan fingerprint density at radius 2 is 2.12 bits per heavy atom. The Labute approximate surface area is 101 Å². The normalized spacial score (nSPS) is 12.1. The predicted molar refractivity (Wildman–Crippen MR) is 67.8 cm³/mol. The highest BCUT2D eigenvalue weighted by Gasteiger charge is 2.05. The van der Waals surface area contributed by atoms with Gasteiger partial charge in [0.15, 0.2) is 0 Å². The third kappa shape index (κ3) is 2.70. The molecule has 0 aliphatic rings. The van der Waals surface area contributed by atoms with E-state index in [0.717, 1.165) is 16.3 Å². The SMILES string of the molecule is Cl.NC(CO)Cc1cccc2cnccc12. The van der Waals surface area contributed by atoms with Crippen LogP contribution in [-0.2, 0) is 6.42 Å². The Balaban J connectivity index is 0.00000128. The zero-order valence-electron chi connectivity index (χ0n) is 8.84. The number of hydrogen-bond donors (Lipinski definition) is 2. The Bertz CT molecular complexity index is 456. The van der Waals surface area contributed by atoms with Crippen LogP contribution in [0.25, 0.3) is 10.8 Å². The second-order valence-corrected chi connectivity index (χ2v) is 3.66. The van der Waals surface area contributed by atoms with Gasteiger partial charge in [0, 0.05) is 23.8 Å². The van der Waals surface area contributed by atoms with Gasteiger partial charge in [0.25, 0.3) is 0 Å². The summed E-state index contributed by atoms with van der Waals surface area (Å²) < 4.78 is 0. The molecule has 3 nitrogen and oxygen atoms in total. The van der Waals surface area contributed by atoms with Crippen molar-refractivity contribution < 1.29 is 5.11 Å². The minimum Gasteiger partial charge on any atom is -0.395 e. The van der Waals surface area contributed by atoms with E-state index >= 15 is 0 Å². The number of rotatable bonds is 3. The van der Waals surface area contributed by atoms with Gasteiger partial charge < -0.3 is 10.8 Å². The van der Waals surface area contributed by atoms with Crippen molar-refractivity contribution in [3.63, 3.8) is 0 Å². The van der Waals surface area contributed by atoms with E-state index in [1.165, 1.54) is 0 Å². The number of nitrogens with two attached hydrogens (primary N) is 1. The maximum Gasteiger partial charge on any atom is 0.0585 e. The van der Waals surface area contributed by atoms with E-state index in [0.29, 0.717) is 6.42 Å². The lowest BCUT2D eigenvalue weighted by Crippen LogP contribution is -2.26. The number of halogens is 1. The van der Waals surface area contributed by atoms with Crippen LogP contribution in [0.3, 0.4) is 0 Å². The van der Waals surface area contributed by atoms with Gasteiger partial charge in [-0.15, -0.1) is 12.4 Å². The van der Waals surface area contributed by atoms with Crippen LogP contribution in [-0.4, -0.2) is 22.7 Å². The first-order valence-electron chi connectivity index (χ1n) is 4.99. The molecular weight excluding hydrogens is 224 g/mol. The highest BCUT2D eigenvalue weighted by Crippen LogP contribution is 2.18. The van der Waals surface area contributed by atoms with Crippen LogP contribution < -0.4 is 5.73 Å². The average molecular weight is 239 g/mol. The fourth-order valence-electron chi connectivity index (χ4n) is 1.71. The van der Waals surface area contributed by atoms with Gasteiger partial charge in [-0.3, -0.25) is 4.98 Å². The quantitative estimate of drug-likeness (QED) is 0.853. The molecule has 1 aromatic carbocycles. The standard InChI is InChI=1S/C12H14N2O.ClH/c13-11(8-15)6-9-2-1-3-10-7-14-5-4-12(9)10;/h1-5,7,11,15H,6,8,13H2;1H. The fraction of sp³-hybridized carbons (Fsp3) is 0.250. The van der Waals surface area contributed by atoms with Gasteiger partial charge in [0.2, 0.25) is 0 Å². The molecule has 0 spiro atoms. The van der Waals surface area contributed by atoms with Gasteiger partial charge in [-0.1, -0.05) is 18.2 Å². The van der Waals surface area contributed by atoms with Crippen molar-refractivity contribution in [1.29, 1.82) is 0 Å². The minimum atomic E-state index is -0.191. The van der Waals surface area contributed by atoms with Crippen molar-refractivity contribution in [1.82, 2.24) is 4.98 Å². The number of aliphatic hydroxyl groups is 1. The smallest absolute Gasteiger partial charge is 0.0585 e.